The number of phenolic OH excluding ortho intramolecular Hbond substituents is 1. The third-order valence-corrected chi connectivity index (χ3v) is 2.80. The highest BCUT2D eigenvalue weighted by atomic mass is 16.3. The van der Waals surface area contributed by atoms with Gasteiger partial charge in [0.15, 0.2) is 5.69 Å². The summed E-state index contributed by atoms with van der Waals surface area (Å²) in [6, 6.07) is 6.31. The van der Waals surface area contributed by atoms with Crippen molar-refractivity contribution in [3.8, 4) is 5.75 Å². The number of hydrogen-bond acceptors (Lipinski definition) is 5. The molecule has 1 atom stereocenters. The molecule has 1 aromatic heterocycles. The molecule has 106 valence electrons. The van der Waals surface area contributed by atoms with Crippen LogP contribution in [0.1, 0.15) is 34.9 Å². The number of amides is 1. The second kappa shape index (κ2) is 6.21. The summed E-state index contributed by atoms with van der Waals surface area (Å²) in [6.07, 6.45) is 1.81. The first-order valence-electron chi connectivity index (χ1n) is 6.37. The minimum atomic E-state index is -0.442. The lowest BCUT2D eigenvalue weighted by molar-refractivity contribution is 0.0951. The first-order valence-corrected chi connectivity index (χ1v) is 6.37. The molecule has 4 N–H and O–H groups in total. The van der Waals surface area contributed by atoms with Gasteiger partial charge in [0.05, 0.1) is 6.04 Å². The molecule has 6 nitrogen and oxygen atoms in total. The summed E-state index contributed by atoms with van der Waals surface area (Å²) in [4.78, 5) is 15.7. The summed E-state index contributed by atoms with van der Waals surface area (Å²) in [6.45, 7) is 2.36. The van der Waals surface area contributed by atoms with E-state index < -0.39 is 6.04 Å². The van der Waals surface area contributed by atoms with Gasteiger partial charge in [0.25, 0.3) is 5.91 Å². The number of aromatic hydroxyl groups is 1. The largest absolute Gasteiger partial charge is 0.508 e. The van der Waals surface area contributed by atoms with Crippen LogP contribution >= 0.6 is 0 Å². The molecule has 0 radical (unpaired) electrons. The van der Waals surface area contributed by atoms with Crippen LogP contribution in [0.5, 0.6) is 5.75 Å². The van der Waals surface area contributed by atoms with E-state index in [0.29, 0.717) is 18.9 Å². The molecule has 0 bridgehead atoms. The van der Waals surface area contributed by atoms with Crippen molar-refractivity contribution >= 4 is 5.91 Å². The molecular formula is C14H17N3O3. The van der Waals surface area contributed by atoms with E-state index in [1.165, 1.54) is 6.26 Å². The minimum Gasteiger partial charge on any atom is -0.508 e. The summed E-state index contributed by atoms with van der Waals surface area (Å²) < 4.78 is 5.24. The highest BCUT2D eigenvalue weighted by Crippen LogP contribution is 2.17. The average Bonchev–Trinajstić information content (AvgIpc) is 2.91. The Kier molecular flexibility index (Phi) is 4.37. The van der Waals surface area contributed by atoms with Crippen LogP contribution in [0, 0.1) is 0 Å². The molecule has 1 heterocycles. The van der Waals surface area contributed by atoms with E-state index in [4.69, 9.17) is 10.2 Å². The number of carbonyl (C=O) groups is 1. The molecule has 1 aromatic carbocycles. The molecular weight excluding hydrogens is 258 g/mol. The standard InChI is InChI=1S/C14H17N3O3/c1-2-16-13(19)12-8-20-14(17-12)11(15)7-9-3-5-10(18)6-4-9/h3-6,8,11,18H,2,7,15H2,1H3,(H,16,19). The number of nitrogens with one attached hydrogen (secondary N) is 1. The second-order valence-electron chi connectivity index (χ2n) is 4.41. The molecule has 0 spiro atoms. The minimum absolute atomic E-state index is 0.206. The van der Waals surface area contributed by atoms with Crippen LogP contribution < -0.4 is 11.1 Å². The van der Waals surface area contributed by atoms with E-state index in [1.54, 1.807) is 24.3 Å². The van der Waals surface area contributed by atoms with Crippen LogP contribution in [0.25, 0.3) is 0 Å². The molecule has 0 aliphatic carbocycles. The topological polar surface area (TPSA) is 101 Å². The van der Waals surface area contributed by atoms with Gasteiger partial charge in [-0.15, -0.1) is 0 Å². The van der Waals surface area contributed by atoms with Crippen LogP contribution in [-0.2, 0) is 6.42 Å². The van der Waals surface area contributed by atoms with Gasteiger partial charge in [0.2, 0.25) is 5.89 Å². The Labute approximate surface area is 116 Å². The second-order valence-corrected chi connectivity index (χ2v) is 4.41. The summed E-state index contributed by atoms with van der Waals surface area (Å²) in [5.41, 5.74) is 7.18. The van der Waals surface area contributed by atoms with E-state index >= 15 is 0 Å². The van der Waals surface area contributed by atoms with Crippen LogP contribution in [0.2, 0.25) is 0 Å². The lowest BCUT2D eigenvalue weighted by atomic mass is 10.1. The number of hydrogen-bond donors (Lipinski definition) is 3. The maximum Gasteiger partial charge on any atom is 0.273 e. The Morgan fingerprint density at radius 2 is 2.15 bits per heavy atom. The summed E-state index contributed by atoms with van der Waals surface area (Å²) >= 11 is 0. The molecule has 20 heavy (non-hydrogen) atoms. The normalized spacial score (nSPS) is 12.1. The van der Waals surface area contributed by atoms with Gasteiger partial charge in [-0.1, -0.05) is 12.1 Å². The highest BCUT2D eigenvalue weighted by molar-refractivity contribution is 5.91. The number of phenols is 1. The van der Waals surface area contributed by atoms with Crippen molar-refractivity contribution in [2.75, 3.05) is 6.54 Å². The number of nitrogens with two attached hydrogens (primary N) is 1. The first kappa shape index (κ1) is 14.1. The SMILES string of the molecule is CCNC(=O)c1coc(C(N)Cc2ccc(O)cc2)n1. The van der Waals surface area contributed by atoms with Crippen molar-refractivity contribution in [2.24, 2.45) is 5.73 Å². The van der Waals surface area contributed by atoms with Gasteiger partial charge in [0, 0.05) is 6.54 Å². The molecule has 2 rings (SSSR count). The van der Waals surface area contributed by atoms with Gasteiger partial charge in [-0.25, -0.2) is 4.98 Å². The van der Waals surface area contributed by atoms with E-state index in [-0.39, 0.29) is 17.4 Å². The third-order valence-electron chi connectivity index (χ3n) is 2.80. The van der Waals surface area contributed by atoms with Gasteiger partial charge >= 0.3 is 0 Å². The van der Waals surface area contributed by atoms with Gasteiger partial charge in [-0.05, 0) is 31.0 Å². The van der Waals surface area contributed by atoms with E-state index in [0.717, 1.165) is 5.56 Å². The third kappa shape index (κ3) is 3.36. The molecule has 0 saturated heterocycles. The van der Waals surface area contributed by atoms with Crippen LogP contribution in [0.4, 0.5) is 0 Å². The van der Waals surface area contributed by atoms with Gasteiger partial charge in [-0.3, -0.25) is 4.79 Å². The predicted molar refractivity (Wildman–Crippen MR) is 73.2 cm³/mol. The Hall–Kier alpha value is -2.34. The average molecular weight is 275 g/mol. The van der Waals surface area contributed by atoms with Crippen molar-refractivity contribution in [3.63, 3.8) is 0 Å². The maximum absolute atomic E-state index is 11.6. The van der Waals surface area contributed by atoms with E-state index in [2.05, 4.69) is 10.3 Å². The Bertz CT molecular complexity index is 578. The lowest BCUT2D eigenvalue weighted by Crippen LogP contribution is -2.23. The summed E-state index contributed by atoms with van der Waals surface area (Å²) in [5, 5.41) is 11.9. The van der Waals surface area contributed by atoms with E-state index in [1.807, 2.05) is 6.92 Å². The van der Waals surface area contributed by atoms with E-state index in [9.17, 15) is 9.90 Å². The Morgan fingerprint density at radius 3 is 2.80 bits per heavy atom. The number of oxazole rings is 1. The molecule has 6 heteroatoms. The molecule has 1 amide bonds. The predicted octanol–water partition coefficient (Wildman–Crippen LogP) is 1.37. The number of rotatable bonds is 5. The number of aromatic nitrogens is 1. The van der Waals surface area contributed by atoms with Gasteiger partial charge in [0.1, 0.15) is 12.0 Å². The summed E-state index contributed by atoms with van der Waals surface area (Å²) in [5.74, 6) is 0.246. The fourth-order valence-electron chi connectivity index (χ4n) is 1.79. The maximum atomic E-state index is 11.6. The Balaban J connectivity index is 2.04. The Morgan fingerprint density at radius 1 is 1.45 bits per heavy atom. The zero-order chi connectivity index (χ0) is 14.5. The van der Waals surface area contributed by atoms with Crippen molar-refractivity contribution in [1.29, 1.82) is 0 Å². The molecule has 0 saturated carbocycles. The lowest BCUT2D eigenvalue weighted by Gasteiger charge is -2.07. The zero-order valence-electron chi connectivity index (χ0n) is 11.2. The summed E-state index contributed by atoms with van der Waals surface area (Å²) in [7, 11) is 0. The number of benzene rings is 1. The first-order chi connectivity index (χ1) is 9.60. The highest BCUT2D eigenvalue weighted by Gasteiger charge is 2.17. The van der Waals surface area contributed by atoms with Crippen LogP contribution in [0.15, 0.2) is 34.9 Å². The molecule has 1 unspecified atom stereocenters. The monoisotopic (exact) mass is 275 g/mol. The quantitative estimate of drug-likeness (QED) is 0.765. The number of carbonyl (C=O) groups excluding carboxylic acids is 1. The smallest absolute Gasteiger partial charge is 0.273 e. The molecule has 0 fully saturated rings. The molecule has 0 aliphatic rings. The number of nitrogens with zero attached hydrogens (tertiary/aromatic N) is 1. The van der Waals surface area contributed by atoms with Gasteiger partial charge in [-0.2, -0.15) is 0 Å². The fraction of sp³-hybridized carbons (Fsp3) is 0.286. The van der Waals surface area contributed by atoms with Crippen molar-refractivity contribution in [3.05, 3.63) is 47.7 Å². The zero-order valence-corrected chi connectivity index (χ0v) is 11.2. The molecule has 0 aliphatic heterocycles. The van der Waals surface area contributed by atoms with Crippen LogP contribution in [0.3, 0.4) is 0 Å². The molecule has 2 aromatic rings. The van der Waals surface area contributed by atoms with Crippen molar-refractivity contribution in [1.82, 2.24) is 10.3 Å². The van der Waals surface area contributed by atoms with Crippen molar-refractivity contribution in [2.45, 2.75) is 19.4 Å². The van der Waals surface area contributed by atoms with Gasteiger partial charge < -0.3 is 20.6 Å². The fourth-order valence-corrected chi connectivity index (χ4v) is 1.79. The van der Waals surface area contributed by atoms with Crippen molar-refractivity contribution < 1.29 is 14.3 Å². The van der Waals surface area contributed by atoms with Crippen LogP contribution in [-0.4, -0.2) is 22.5 Å².